The van der Waals surface area contributed by atoms with Crippen LogP contribution in [0.25, 0.3) is 0 Å². The highest BCUT2D eigenvalue weighted by Gasteiger charge is 2.59. The van der Waals surface area contributed by atoms with Crippen LogP contribution in [0.2, 0.25) is 0 Å². The van der Waals surface area contributed by atoms with Crippen molar-refractivity contribution in [3.05, 3.63) is 12.7 Å². The molecule has 1 atom stereocenters. The standard InChI is InChI=1S/C6H5F5O3.C5H5F5.CH2O3/c7-5(8,6(9,10)11)1-3-2-13-4(12)14-3;1-2-3-4(6,7)5(8,9)10;2-1(3)4/h3H,1-2H2;2H,1,3H2;(H2,2,3,4). The molecule has 1 unspecified atom stereocenters. The Kier molecular flexibility index (Phi) is 10.1. The second kappa shape index (κ2) is 10.2. The Labute approximate surface area is 149 Å². The van der Waals surface area contributed by atoms with Crippen LogP contribution in [0.5, 0.6) is 0 Å². The van der Waals surface area contributed by atoms with Crippen molar-refractivity contribution in [2.24, 2.45) is 0 Å². The van der Waals surface area contributed by atoms with Crippen LogP contribution in [0, 0.1) is 0 Å². The number of rotatable bonds is 4. The monoisotopic (exact) mass is 442 g/mol. The molecule has 16 heteroatoms. The van der Waals surface area contributed by atoms with E-state index in [1.165, 1.54) is 0 Å². The molecular weight excluding hydrogens is 430 g/mol. The van der Waals surface area contributed by atoms with E-state index in [9.17, 15) is 48.7 Å². The van der Waals surface area contributed by atoms with Gasteiger partial charge in [-0.1, -0.05) is 6.08 Å². The van der Waals surface area contributed by atoms with E-state index in [4.69, 9.17) is 15.0 Å². The zero-order valence-corrected chi connectivity index (χ0v) is 13.3. The largest absolute Gasteiger partial charge is 0.508 e. The van der Waals surface area contributed by atoms with Crippen molar-refractivity contribution >= 4 is 12.3 Å². The van der Waals surface area contributed by atoms with E-state index in [0.717, 1.165) is 0 Å². The normalized spacial score (nSPS) is 17.2. The van der Waals surface area contributed by atoms with Gasteiger partial charge in [-0.15, -0.1) is 6.58 Å². The molecule has 0 bridgehead atoms. The molecule has 1 aliphatic rings. The third-order valence-electron chi connectivity index (χ3n) is 2.36. The minimum absolute atomic E-state index is 0.535. The molecule has 0 aromatic heterocycles. The number of carbonyl (C=O) groups excluding carboxylic acids is 1. The molecule has 1 rings (SSSR count). The van der Waals surface area contributed by atoms with Crippen LogP contribution in [0.4, 0.5) is 53.5 Å². The van der Waals surface area contributed by atoms with E-state index in [0.29, 0.717) is 6.08 Å². The molecule has 0 aromatic carbocycles. The molecule has 1 saturated heterocycles. The lowest BCUT2D eigenvalue weighted by molar-refractivity contribution is -0.289. The van der Waals surface area contributed by atoms with Gasteiger partial charge in [0.05, 0.1) is 6.42 Å². The lowest BCUT2D eigenvalue weighted by Crippen LogP contribution is -2.40. The number of hydrogen-bond donors (Lipinski definition) is 2. The van der Waals surface area contributed by atoms with Gasteiger partial charge >= 0.3 is 36.5 Å². The molecule has 0 aromatic rings. The maximum Gasteiger partial charge on any atom is 0.508 e. The second-order valence-electron chi connectivity index (χ2n) is 4.68. The lowest BCUT2D eigenvalue weighted by atomic mass is 10.1. The molecule has 0 radical (unpaired) electrons. The Bertz CT molecular complexity index is 524. The Morgan fingerprint density at radius 3 is 1.61 bits per heavy atom. The predicted molar refractivity (Wildman–Crippen MR) is 68.3 cm³/mol. The van der Waals surface area contributed by atoms with E-state index < -0.39 is 62.1 Å². The molecule has 0 amide bonds. The summed E-state index contributed by atoms with van der Waals surface area (Å²) in [5.41, 5.74) is 0. The first-order valence-corrected chi connectivity index (χ1v) is 6.52. The SMILES string of the molecule is C=CCC(F)(F)C(F)(F)F.O=C(O)O.O=C1OCC(CC(F)(F)C(F)(F)F)O1. The fourth-order valence-electron chi connectivity index (χ4n) is 1.16. The zero-order valence-electron chi connectivity index (χ0n) is 13.3. The number of ether oxygens (including phenoxy) is 2. The summed E-state index contributed by atoms with van der Waals surface area (Å²) < 4.78 is 125. The number of hydrogen-bond acceptors (Lipinski definition) is 4. The molecule has 0 aliphatic carbocycles. The van der Waals surface area contributed by atoms with Gasteiger partial charge in [0.2, 0.25) is 0 Å². The first-order valence-electron chi connectivity index (χ1n) is 6.52. The van der Waals surface area contributed by atoms with Crippen molar-refractivity contribution in [3.8, 4) is 0 Å². The van der Waals surface area contributed by atoms with E-state index >= 15 is 0 Å². The highest BCUT2D eigenvalue weighted by atomic mass is 19.4. The van der Waals surface area contributed by atoms with Gasteiger partial charge in [0.15, 0.2) is 0 Å². The summed E-state index contributed by atoms with van der Waals surface area (Å²) in [6.45, 7) is 2.20. The van der Waals surface area contributed by atoms with Gasteiger partial charge in [-0.05, 0) is 0 Å². The Morgan fingerprint density at radius 2 is 1.39 bits per heavy atom. The van der Waals surface area contributed by atoms with Gasteiger partial charge < -0.3 is 19.7 Å². The van der Waals surface area contributed by atoms with Crippen LogP contribution < -0.4 is 0 Å². The third-order valence-corrected chi connectivity index (χ3v) is 2.36. The summed E-state index contributed by atoms with van der Waals surface area (Å²) in [5, 5.41) is 13.9. The maximum absolute atomic E-state index is 12.3. The first-order chi connectivity index (χ1) is 12.3. The molecule has 1 aliphatic heterocycles. The molecule has 0 saturated carbocycles. The van der Waals surface area contributed by atoms with Crippen molar-refractivity contribution in [1.29, 1.82) is 0 Å². The number of halogens is 10. The number of cyclic esters (lactones) is 2. The van der Waals surface area contributed by atoms with Gasteiger partial charge in [0, 0.05) is 6.42 Å². The fraction of sp³-hybridized carbons (Fsp3) is 0.667. The van der Waals surface area contributed by atoms with Gasteiger partial charge in [0.25, 0.3) is 0 Å². The van der Waals surface area contributed by atoms with Crippen LogP contribution in [0.1, 0.15) is 12.8 Å². The minimum Gasteiger partial charge on any atom is -0.450 e. The molecule has 2 N–H and O–H groups in total. The highest BCUT2D eigenvalue weighted by Crippen LogP contribution is 2.40. The van der Waals surface area contributed by atoms with E-state index in [1.807, 2.05) is 0 Å². The summed E-state index contributed by atoms with van der Waals surface area (Å²) in [4.78, 5) is 18.8. The van der Waals surface area contributed by atoms with Crippen molar-refractivity contribution < 1.29 is 73.2 Å². The van der Waals surface area contributed by atoms with Crippen molar-refractivity contribution in [2.45, 2.75) is 43.1 Å². The predicted octanol–water partition coefficient (Wildman–Crippen LogP) is 5.09. The van der Waals surface area contributed by atoms with Crippen LogP contribution in [-0.4, -0.2) is 59.4 Å². The van der Waals surface area contributed by atoms with Gasteiger partial charge in [-0.3, -0.25) is 0 Å². The number of carboxylic acid groups (broad SMARTS) is 2. The molecule has 166 valence electrons. The smallest absolute Gasteiger partial charge is 0.450 e. The Hall–Kier alpha value is -2.42. The van der Waals surface area contributed by atoms with Crippen molar-refractivity contribution in [3.63, 3.8) is 0 Å². The average molecular weight is 442 g/mol. The minimum atomic E-state index is -5.64. The Morgan fingerprint density at radius 1 is 1.00 bits per heavy atom. The van der Waals surface area contributed by atoms with E-state index in [2.05, 4.69) is 16.1 Å². The van der Waals surface area contributed by atoms with Crippen molar-refractivity contribution in [2.75, 3.05) is 6.61 Å². The molecule has 1 fully saturated rings. The van der Waals surface area contributed by atoms with Crippen LogP contribution in [0.15, 0.2) is 12.7 Å². The molecule has 6 nitrogen and oxygen atoms in total. The molecule has 28 heavy (non-hydrogen) atoms. The van der Waals surface area contributed by atoms with Gasteiger partial charge in [-0.25, -0.2) is 9.59 Å². The van der Waals surface area contributed by atoms with Crippen molar-refractivity contribution in [1.82, 2.24) is 0 Å². The Balaban J connectivity index is 0. The quantitative estimate of drug-likeness (QED) is 0.358. The molecule has 1 heterocycles. The first kappa shape index (κ1) is 27.8. The number of alkyl halides is 10. The number of carbonyl (C=O) groups is 2. The van der Waals surface area contributed by atoms with Crippen LogP contribution >= 0.6 is 0 Å². The summed E-state index contributed by atoms with van der Waals surface area (Å²) in [7, 11) is 0. The van der Waals surface area contributed by atoms with Crippen LogP contribution in [0.3, 0.4) is 0 Å². The highest BCUT2D eigenvalue weighted by molar-refractivity contribution is 5.61. The van der Waals surface area contributed by atoms with Crippen LogP contribution in [-0.2, 0) is 9.47 Å². The average Bonchev–Trinajstić information content (AvgIpc) is 2.80. The lowest BCUT2D eigenvalue weighted by Gasteiger charge is -2.20. The molecular formula is C12H12F10O6. The molecule has 0 spiro atoms. The summed E-state index contributed by atoms with van der Waals surface area (Å²) in [6, 6.07) is 0. The van der Waals surface area contributed by atoms with E-state index in [1.54, 1.807) is 0 Å². The zero-order chi connectivity index (χ0) is 23.0. The topological polar surface area (TPSA) is 93.1 Å². The summed E-state index contributed by atoms with van der Waals surface area (Å²) in [5.74, 6) is -9.50. The summed E-state index contributed by atoms with van der Waals surface area (Å²) >= 11 is 0. The van der Waals surface area contributed by atoms with E-state index in [-0.39, 0.29) is 0 Å². The van der Waals surface area contributed by atoms with Gasteiger partial charge in [-0.2, -0.15) is 43.9 Å². The summed E-state index contributed by atoms with van der Waals surface area (Å²) in [6.07, 6.45) is -18.1. The van der Waals surface area contributed by atoms with Gasteiger partial charge in [0.1, 0.15) is 12.7 Å². The second-order valence-corrected chi connectivity index (χ2v) is 4.68. The maximum atomic E-state index is 12.3. The fourth-order valence-corrected chi connectivity index (χ4v) is 1.16. The third kappa shape index (κ3) is 10.7. The number of allylic oxidation sites excluding steroid dienone is 1.